The molecule has 1 aliphatic carbocycles. The molecule has 0 spiro atoms. The third kappa shape index (κ3) is 4.53. The van der Waals surface area contributed by atoms with Gasteiger partial charge >= 0.3 is 5.97 Å². The van der Waals surface area contributed by atoms with Gasteiger partial charge in [-0.15, -0.1) is 0 Å². The Morgan fingerprint density at radius 1 is 1.39 bits per heavy atom. The highest BCUT2D eigenvalue weighted by atomic mass is 16.5. The lowest BCUT2D eigenvalue weighted by atomic mass is 9.67. The standard InChI is InChI=1S/C17H29N3O3/c1-5-22-14(21)7-6-13-19-15(20-23-13)17(18)10-8-12(9-11-17)16(2,3)4/h12H,5-11,18H2,1-4H3. The number of carbonyl (C=O) groups is 1. The second kappa shape index (κ2) is 6.99. The lowest BCUT2D eigenvalue weighted by molar-refractivity contribution is -0.143. The zero-order chi connectivity index (χ0) is 17.1. The minimum atomic E-state index is -0.507. The third-order valence-electron chi connectivity index (χ3n) is 4.86. The minimum absolute atomic E-state index is 0.249. The third-order valence-corrected chi connectivity index (χ3v) is 4.86. The number of carbonyl (C=O) groups excluding carboxylic acids is 1. The highest BCUT2D eigenvalue weighted by Gasteiger charge is 2.40. The summed E-state index contributed by atoms with van der Waals surface area (Å²) >= 11 is 0. The Kier molecular flexibility index (Phi) is 5.45. The van der Waals surface area contributed by atoms with Gasteiger partial charge in [-0.2, -0.15) is 4.98 Å². The van der Waals surface area contributed by atoms with Gasteiger partial charge in [0.25, 0.3) is 0 Å². The van der Waals surface area contributed by atoms with Crippen molar-refractivity contribution in [1.82, 2.24) is 10.1 Å². The van der Waals surface area contributed by atoms with Gasteiger partial charge in [0.2, 0.25) is 5.89 Å². The largest absolute Gasteiger partial charge is 0.466 e. The molecule has 1 aliphatic rings. The van der Waals surface area contributed by atoms with Crippen LogP contribution in [0, 0.1) is 11.3 Å². The first kappa shape index (κ1) is 17.9. The molecule has 1 heterocycles. The van der Waals surface area contributed by atoms with Crippen molar-refractivity contribution in [3.05, 3.63) is 11.7 Å². The van der Waals surface area contributed by atoms with E-state index >= 15 is 0 Å². The molecule has 1 aromatic rings. The summed E-state index contributed by atoms with van der Waals surface area (Å²) < 4.78 is 10.2. The van der Waals surface area contributed by atoms with Crippen LogP contribution in [0.2, 0.25) is 0 Å². The van der Waals surface area contributed by atoms with Gasteiger partial charge in [-0.1, -0.05) is 25.9 Å². The zero-order valence-corrected chi connectivity index (χ0v) is 14.7. The lowest BCUT2D eigenvalue weighted by Gasteiger charge is -2.40. The van der Waals surface area contributed by atoms with Crippen LogP contribution in [0.5, 0.6) is 0 Å². The number of aromatic nitrogens is 2. The molecule has 0 aliphatic heterocycles. The molecule has 1 fully saturated rings. The lowest BCUT2D eigenvalue weighted by Crippen LogP contribution is -2.43. The van der Waals surface area contributed by atoms with Crippen molar-refractivity contribution in [2.75, 3.05) is 6.61 Å². The average Bonchev–Trinajstić information content (AvgIpc) is 2.94. The van der Waals surface area contributed by atoms with Crippen molar-refractivity contribution in [2.45, 2.75) is 71.8 Å². The van der Waals surface area contributed by atoms with E-state index in [1.165, 1.54) is 0 Å². The summed E-state index contributed by atoms with van der Waals surface area (Å²) in [5, 5.41) is 4.06. The number of hydrogen-bond acceptors (Lipinski definition) is 6. The Labute approximate surface area is 138 Å². The van der Waals surface area contributed by atoms with Crippen LogP contribution in [0.4, 0.5) is 0 Å². The van der Waals surface area contributed by atoms with Crippen molar-refractivity contribution in [1.29, 1.82) is 0 Å². The second-order valence-electron chi connectivity index (χ2n) is 7.61. The Morgan fingerprint density at radius 3 is 2.61 bits per heavy atom. The molecule has 0 radical (unpaired) electrons. The number of nitrogens with two attached hydrogens (primary N) is 1. The molecule has 0 atom stereocenters. The predicted molar refractivity (Wildman–Crippen MR) is 86.5 cm³/mol. The summed E-state index contributed by atoms with van der Waals surface area (Å²) in [6, 6.07) is 0. The first-order valence-corrected chi connectivity index (χ1v) is 8.52. The molecule has 0 saturated heterocycles. The molecule has 0 aromatic carbocycles. The van der Waals surface area contributed by atoms with Gasteiger partial charge in [0, 0.05) is 6.42 Å². The van der Waals surface area contributed by atoms with Crippen LogP contribution in [-0.2, 0) is 21.5 Å². The van der Waals surface area contributed by atoms with Gasteiger partial charge in [-0.25, -0.2) is 0 Å². The second-order valence-corrected chi connectivity index (χ2v) is 7.61. The summed E-state index contributed by atoms with van der Waals surface area (Å²) in [6.45, 7) is 9.01. The quantitative estimate of drug-likeness (QED) is 0.838. The molecule has 0 bridgehead atoms. The fourth-order valence-electron chi connectivity index (χ4n) is 3.22. The van der Waals surface area contributed by atoms with E-state index in [0.717, 1.165) is 25.7 Å². The highest BCUT2D eigenvalue weighted by molar-refractivity contribution is 5.69. The molecule has 2 rings (SSSR count). The van der Waals surface area contributed by atoms with E-state index in [9.17, 15) is 4.79 Å². The maximum Gasteiger partial charge on any atom is 0.306 e. The Morgan fingerprint density at radius 2 is 2.04 bits per heavy atom. The van der Waals surface area contributed by atoms with E-state index in [2.05, 4.69) is 30.9 Å². The maximum atomic E-state index is 11.4. The average molecular weight is 323 g/mol. The summed E-state index contributed by atoms with van der Waals surface area (Å²) in [5.74, 6) is 1.45. The number of aryl methyl sites for hydroxylation is 1. The molecule has 0 amide bonds. The number of esters is 1. The van der Waals surface area contributed by atoms with Crippen molar-refractivity contribution < 1.29 is 14.1 Å². The van der Waals surface area contributed by atoms with E-state index in [0.29, 0.717) is 36.1 Å². The van der Waals surface area contributed by atoms with Gasteiger partial charge < -0.3 is 15.0 Å². The monoisotopic (exact) mass is 323 g/mol. The van der Waals surface area contributed by atoms with Crippen LogP contribution in [0.1, 0.15) is 71.5 Å². The Balaban J connectivity index is 1.94. The SMILES string of the molecule is CCOC(=O)CCc1nc(C2(N)CCC(C(C)(C)C)CC2)no1. The molecule has 1 aromatic heterocycles. The van der Waals surface area contributed by atoms with E-state index < -0.39 is 5.54 Å². The zero-order valence-electron chi connectivity index (χ0n) is 14.7. The molecule has 0 unspecified atom stereocenters. The smallest absolute Gasteiger partial charge is 0.306 e. The fourth-order valence-corrected chi connectivity index (χ4v) is 3.22. The van der Waals surface area contributed by atoms with Gasteiger partial charge in [-0.05, 0) is 43.9 Å². The molecule has 6 nitrogen and oxygen atoms in total. The molecular formula is C17H29N3O3. The molecular weight excluding hydrogens is 294 g/mol. The van der Waals surface area contributed by atoms with Gasteiger partial charge in [-0.3, -0.25) is 4.79 Å². The Bertz CT molecular complexity index is 525. The van der Waals surface area contributed by atoms with E-state index in [1.807, 2.05) is 0 Å². The molecule has 23 heavy (non-hydrogen) atoms. The topological polar surface area (TPSA) is 91.2 Å². The summed E-state index contributed by atoms with van der Waals surface area (Å²) in [4.78, 5) is 15.8. The minimum Gasteiger partial charge on any atom is -0.466 e. The normalized spacial score (nSPS) is 25.3. The van der Waals surface area contributed by atoms with Crippen molar-refractivity contribution >= 4 is 5.97 Å². The van der Waals surface area contributed by atoms with Crippen LogP contribution in [-0.4, -0.2) is 22.7 Å². The maximum absolute atomic E-state index is 11.4. The Hall–Kier alpha value is -1.43. The number of nitrogens with zero attached hydrogens (tertiary/aromatic N) is 2. The van der Waals surface area contributed by atoms with Crippen molar-refractivity contribution in [3.8, 4) is 0 Å². The van der Waals surface area contributed by atoms with Crippen LogP contribution in [0.3, 0.4) is 0 Å². The summed E-state index contributed by atoms with van der Waals surface area (Å²) in [6.07, 6.45) is 4.53. The van der Waals surface area contributed by atoms with Crippen LogP contribution in [0.15, 0.2) is 4.52 Å². The van der Waals surface area contributed by atoms with Crippen LogP contribution in [0.25, 0.3) is 0 Å². The van der Waals surface area contributed by atoms with Crippen LogP contribution >= 0.6 is 0 Å². The van der Waals surface area contributed by atoms with Gasteiger partial charge in [0.1, 0.15) is 0 Å². The van der Waals surface area contributed by atoms with E-state index in [1.54, 1.807) is 6.92 Å². The number of ether oxygens (including phenoxy) is 1. The van der Waals surface area contributed by atoms with Gasteiger partial charge in [0.05, 0.1) is 18.6 Å². The molecule has 6 heteroatoms. The summed E-state index contributed by atoms with van der Waals surface area (Å²) in [5.41, 5.74) is 6.33. The van der Waals surface area contributed by atoms with Crippen molar-refractivity contribution in [2.24, 2.45) is 17.1 Å². The van der Waals surface area contributed by atoms with E-state index in [-0.39, 0.29) is 12.4 Å². The van der Waals surface area contributed by atoms with Gasteiger partial charge in [0.15, 0.2) is 5.82 Å². The first-order chi connectivity index (χ1) is 10.7. The highest BCUT2D eigenvalue weighted by Crippen LogP contribution is 2.43. The molecule has 2 N–H and O–H groups in total. The first-order valence-electron chi connectivity index (χ1n) is 8.52. The van der Waals surface area contributed by atoms with Crippen molar-refractivity contribution in [3.63, 3.8) is 0 Å². The van der Waals surface area contributed by atoms with E-state index in [4.69, 9.17) is 15.0 Å². The number of rotatable bonds is 5. The summed E-state index contributed by atoms with van der Waals surface area (Å²) in [7, 11) is 0. The fraction of sp³-hybridized carbons (Fsp3) is 0.824. The molecule has 130 valence electrons. The number of hydrogen-bond donors (Lipinski definition) is 1. The predicted octanol–water partition coefficient (Wildman–Crippen LogP) is 2.96. The van der Waals surface area contributed by atoms with Crippen LogP contribution < -0.4 is 5.73 Å². The molecule has 1 saturated carbocycles.